The molecule has 4 heteroatoms. The van der Waals surface area contributed by atoms with E-state index in [0.29, 0.717) is 12.5 Å². The lowest BCUT2D eigenvalue weighted by molar-refractivity contribution is -0.126. The highest BCUT2D eigenvalue weighted by atomic mass is 16.2. The van der Waals surface area contributed by atoms with Crippen LogP contribution in [-0.4, -0.2) is 24.4 Å². The second-order valence-corrected chi connectivity index (χ2v) is 4.03. The summed E-state index contributed by atoms with van der Waals surface area (Å²) in [7, 11) is 0. The molecule has 1 fully saturated rings. The molecule has 0 heterocycles. The van der Waals surface area contributed by atoms with Gasteiger partial charge < -0.3 is 10.6 Å². The van der Waals surface area contributed by atoms with E-state index in [9.17, 15) is 9.59 Å². The lowest BCUT2D eigenvalue weighted by Crippen LogP contribution is -2.42. The minimum absolute atomic E-state index is 0.0660. The molecule has 1 aliphatic rings. The summed E-state index contributed by atoms with van der Waals surface area (Å²) in [6.07, 6.45) is 6.26. The molecule has 15 heavy (non-hydrogen) atoms. The molecule has 1 aliphatic carbocycles. The monoisotopic (exact) mass is 212 g/mol. The van der Waals surface area contributed by atoms with Crippen molar-refractivity contribution in [1.82, 2.24) is 10.6 Å². The summed E-state index contributed by atoms with van der Waals surface area (Å²) in [5.41, 5.74) is 0. The maximum atomic E-state index is 11.4. The lowest BCUT2D eigenvalue weighted by atomic mass is 9.95. The number of rotatable bonds is 4. The van der Waals surface area contributed by atoms with Crippen LogP contribution in [0.15, 0.2) is 0 Å². The van der Waals surface area contributed by atoms with Gasteiger partial charge >= 0.3 is 0 Å². The molecule has 0 atom stereocenters. The van der Waals surface area contributed by atoms with Gasteiger partial charge in [0.2, 0.25) is 11.8 Å². The van der Waals surface area contributed by atoms with Gasteiger partial charge in [-0.1, -0.05) is 26.2 Å². The van der Waals surface area contributed by atoms with Crippen molar-refractivity contribution in [2.45, 2.75) is 51.5 Å². The highest BCUT2D eigenvalue weighted by Crippen LogP contribution is 2.16. The van der Waals surface area contributed by atoms with Gasteiger partial charge in [-0.05, 0) is 12.8 Å². The summed E-state index contributed by atoms with van der Waals surface area (Å²) in [6.45, 7) is 1.89. The molecule has 0 spiro atoms. The number of hydrogen-bond acceptors (Lipinski definition) is 2. The Kier molecular flexibility index (Phi) is 5.15. The standard InChI is InChI=1S/C11H20N2O2/c1-2-10(14)12-8-11(15)13-9-6-4-3-5-7-9/h9H,2-8H2,1H3,(H,12,14)(H,13,15). The van der Waals surface area contributed by atoms with Crippen LogP contribution >= 0.6 is 0 Å². The Hall–Kier alpha value is -1.06. The second kappa shape index (κ2) is 6.43. The van der Waals surface area contributed by atoms with Crippen molar-refractivity contribution in [3.05, 3.63) is 0 Å². The highest BCUT2D eigenvalue weighted by Gasteiger charge is 2.15. The summed E-state index contributed by atoms with van der Waals surface area (Å²) in [6, 6.07) is 0.324. The van der Waals surface area contributed by atoms with E-state index < -0.39 is 0 Å². The minimum Gasteiger partial charge on any atom is -0.352 e. The van der Waals surface area contributed by atoms with Gasteiger partial charge in [-0.15, -0.1) is 0 Å². The first-order valence-corrected chi connectivity index (χ1v) is 5.78. The van der Waals surface area contributed by atoms with Crippen molar-refractivity contribution < 1.29 is 9.59 Å². The molecule has 2 amide bonds. The first kappa shape index (κ1) is 12.0. The number of hydrogen-bond donors (Lipinski definition) is 2. The lowest BCUT2D eigenvalue weighted by Gasteiger charge is -2.22. The van der Waals surface area contributed by atoms with Crippen molar-refractivity contribution in [3.8, 4) is 0 Å². The van der Waals surface area contributed by atoms with E-state index in [-0.39, 0.29) is 18.4 Å². The van der Waals surface area contributed by atoms with Crippen LogP contribution in [0.25, 0.3) is 0 Å². The maximum absolute atomic E-state index is 11.4. The maximum Gasteiger partial charge on any atom is 0.239 e. The highest BCUT2D eigenvalue weighted by molar-refractivity contribution is 5.84. The van der Waals surface area contributed by atoms with Gasteiger partial charge in [0.25, 0.3) is 0 Å². The molecule has 86 valence electrons. The topological polar surface area (TPSA) is 58.2 Å². The summed E-state index contributed by atoms with van der Waals surface area (Å²) >= 11 is 0. The SMILES string of the molecule is CCC(=O)NCC(=O)NC1CCCCC1. The average Bonchev–Trinajstić information content (AvgIpc) is 2.27. The Balaban J connectivity index is 2.14. The van der Waals surface area contributed by atoms with Crippen LogP contribution < -0.4 is 10.6 Å². The third kappa shape index (κ3) is 4.81. The Morgan fingerprint density at radius 3 is 2.40 bits per heavy atom. The zero-order valence-electron chi connectivity index (χ0n) is 9.34. The summed E-state index contributed by atoms with van der Waals surface area (Å²) in [5, 5.41) is 5.52. The van der Waals surface area contributed by atoms with Crippen LogP contribution in [0.4, 0.5) is 0 Å². The molecule has 0 saturated heterocycles. The zero-order chi connectivity index (χ0) is 11.1. The van der Waals surface area contributed by atoms with Gasteiger partial charge in [-0.25, -0.2) is 0 Å². The number of nitrogens with one attached hydrogen (secondary N) is 2. The average molecular weight is 212 g/mol. The molecular weight excluding hydrogens is 192 g/mol. The molecular formula is C11H20N2O2. The van der Waals surface area contributed by atoms with E-state index in [1.165, 1.54) is 19.3 Å². The van der Waals surface area contributed by atoms with Crippen LogP contribution in [0.1, 0.15) is 45.4 Å². The van der Waals surface area contributed by atoms with Crippen molar-refractivity contribution in [2.24, 2.45) is 0 Å². The van der Waals surface area contributed by atoms with Gasteiger partial charge in [-0.3, -0.25) is 9.59 Å². The van der Waals surface area contributed by atoms with Gasteiger partial charge in [0, 0.05) is 12.5 Å². The first-order valence-electron chi connectivity index (χ1n) is 5.78. The molecule has 0 radical (unpaired) electrons. The summed E-state index contributed by atoms with van der Waals surface area (Å²) in [4.78, 5) is 22.3. The van der Waals surface area contributed by atoms with Crippen LogP contribution in [0.3, 0.4) is 0 Å². The normalized spacial score (nSPS) is 17.1. The smallest absolute Gasteiger partial charge is 0.239 e. The molecule has 0 bridgehead atoms. The van der Waals surface area contributed by atoms with Crippen LogP contribution in [-0.2, 0) is 9.59 Å². The summed E-state index contributed by atoms with van der Waals surface area (Å²) < 4.78 is 0. The van der Waals surface area contributed by atoms with E-state index in [4.69, 9.17) is 0 Å². The van der Waals surface area contributed by atoms with Gasteiger partial charge in [0.15, 0.2) is 0 Å². The molecule has 4 nitrogen and oxygen atoms in total. The van der Waals surface area contributed by atoms with Gasteiger partial charge in [-0.2, -0.15) is 0 Å². The van der Waals surface area contributed by atoms with Crippen LogP contribution in [0, 0.1) is 0 Å². The van der Waals surface area contributed by atoms with Crippen molar-refractivity contribution in [2.75, 3.05) is 6.54 Å². The number of carbonyl (C=O) groups excluding carboxylic acids is 2. The minimum atomic E-state index is -0.0752. The molecule has 0 aromatic carbocycles. The van der Waals surface area contributed by atoms with Crippen molar-refractivity contribution >= 4 is 11.8 Å². The fourth-order valence-corrected chi connectivity index (χ4v) is 1.83. The van der Waals surface area contributed by atoms with Crippen LogP contribution in [0.5, 0.6) is 0 Å². The molecule has 1 saturated carbocycles. The van der Waals surface area contributed by atoms with Crippen molar-refractivity contribution in [3.63, 3.8) is 0 Å². The van der Waals surface area contributed by atoms with E-state index >= 15 is 0 Å². The first-order chi connectivity index (χ1) is 7.22. The number of amides is 2. The third-order valence-electron chi connectivity index (χ3n) is 2.74. The molecule has 2 N–H and O–H groups in total. The van der Waals surface area contributed by atoms with Crippen LogP contribution in [0.2, 0.25) is 0 Å². The molecule has 0 aliphatic heterocycles. The fraction of sp³-hybridized carbons (Fsp3) is 0.818. The molecule has 1 rings (SSSR count). The zero-order valence-corrected chi connectivity index (χ0v) is 9.34. The van der Waals surface area contributed by atoms with Gasteiger partial charge in [0.05, 0.1) is 6.54 Å². The predicted octanol–water partition coefficient (Wildman–Crippen LogP) is 0.961. The third-order valence-corrected chi connectivity index (χ3v) is 2.74. The molecule has 0 aromatic heterocycles. The second-order valence-electron chi connectivity index (χ2n) is 4.03. The molecule has 0 aromatic rings. The van der Waals surface area contributed by atoms with E-state index in [1.807, 2.05) is 0 Å². The van der Waals surface area contributed by atoms with Crippen molar-refractivity contribution in [1.29, 1.82) is 0 Å². The Labute approximate surface area is 90.8 Å². The Morgan fingerprint density at radius 2 is 1.80 bits per heavy atom. The van der Waals surface area contributed by atoms with E-state index in [1.54, 1.807) is 6.92 Å². The predicted molar refractivity (Wildman–Crippen MR) is 58.3 cm³/mol. The van der Waals surface area contributed by atoms with Gasteiger partial charge in [0.1, 0.15) is 0 Å². The Bertz CT molecular complexity index is 223. The quantitative estimate of drug-likeness (QED) is 0.729. The van der Waals surface area contributed by atoms with E-state index in [2.05, 4.69) is 10.6 Å². The largest absolute Gasteiger partial charge is 0.352 e. The fourth-order valence-electron chi connectivity index (χ4n) is 1.83. The molecule has 0 unspecified atom stereocenters. The Morgan fingerprint density at radius 1 is 1.13 bits per heavy atom. The summed E-state index contributed by atoms with van der Waals surface area (Å²) in [5.74, 6) is -0.141. The number of carbonyl (C=O) groups is 2. The van der Waals surface area contributed by atoms with E-state index in [0.717, 1.165) is 12.8 Å².